The Morgan fingerprint density at radius 1 is 1.09 bits per heavy atom. The number of rotatable bonds is 9. The van der Waals surface area contributed by atoms with Gasteiger partial charge in [0.25, 0.3) is 0 Å². The lowest BCUT2D eigenvalue weighted by molar-refractivity contribution is -0.126. The summed E-state index contributed by atoms with van der Waals surface area (Å²) in [6.07, 6.45) is 5.93. The number of fused-ring (bicyclic) bond motifs is 1. The molecule has 11 nitrogen and oxygen atoms in total. The first kappa shape index (κ1) is 29.1. The highest BCUT2D eigenvalue weighted by Crippen LogP contribution is 2.36. The topological polar surface area (TPSA) is 125 Å². The molecule has 6 rings (SSSR count). The van der Waals surface area contributed by atoms with Crippen LogP contribution in [0.3, 0.4) is 0 Å². The Labute approximate surface area is 254 Å². The lowest BCUT2D eigenvalue weighted by Crippen LogP contribution is -2.60. The molecule has 2 aromatic carbocycles. The molecule has 3 N–H and O–H groups in total. The first-order chi connectivity index (χ1) is 21.2. The maximum absolute atomic E-state index is 15.3. The average Bonchev–Trinajstić information content (AvgIpc) is 3.01. The number of amides is 1. The summed E-state index contributed by atoms with van der Waals surface area (Å²) in [5.41, 5.74) is 0.887. The number of nitrogens with zero attached hydrogens (tertiary/aromatic N) is 5. The van der Waals surface area contributed by atoms with Crippen molar-refractivity contribution in [2.75, 3.05) is 48.8 Å². The van der Waals surface area contributed by atoms with Crippen molar-refractivity contribution < 1.29 is 23.8 Å². The van der Waals surface area contributed by atoms with Gasteiger partial charge in [-0.1, -0.05) is 6.58 Å². The molecule has 2 fully saturated rings. The van der Waals surface area contributed by atoms with Crippen molar-refractivity contribution in [1.82, 2.24) is 19.9 Å². The van der Waals surface area contributed by atoms with Gasteiger partial charge >= 0.3 is 0 Å². The highest BCUT2D eigenvalue weighted by molar-refractivity contribution is 5.95. The predicted molar refractivity (Wildman–Crippen MR) is 166 cm³/mol. The number of aromatic nitrogens is 3. The van der Waals surface area contributed by atoms with Crippen molar-refractivity contribution in [1.29, 1.82) is 0 Å². The zero-order chi connectivity index (χ0) is 30.8. The third-order valence-electron chi connectivity index (χ3n) is 7.83. The summed E-state index contributed by atoms with van der Waals surface area (Å²) in [5, 5.41) is 17.4. The van der Waals surface area contributed by atoms with E-state index in [1.165, 1.54) is 18.5 Å². The fourth-order valence-electron chi connectivity index (χ4n) is 5.56. The number of halogens is 1. The monoisotopic (exact) mass is 599 g/mol. The molecule has 44 heavy (non-hydrogen) atoms. The van der Waals surface area contributed by atoms with E-state index in [0.29, 0.717) is 66.0 Å². The number of benzene rings is 2. The number of methoxy groups -OCH3 is 1. The van der Waals surface area contributed by atoms with E-state index in [9.17, 15) is 9.90 Å². The Balaban J connectivity index is 1.18. The van der Waals surface area contributed by atoms with Crippen molar-refractivity contribution in [3.63, 3.8) is 0 Å². The highest BCUT2D eigenvalue weighted by Gasteiger charge is 2.37. The number of hydrogen-bond donors (Lipinski definition) is 3. The van der Waals surface area contributed by atoms with E-state index in [0.717, 1.165) is 18.5 Å². The standard InChI is InChI=1S/C32H34FN7O4/c1-4-30(41)39-11-8-20(9-12-39)37-27-15-23-26(16-28(27)43-3)35-19-36-31(23)38-25-6-5-21(13-24(25)33)44-22-7-10-34-29(14-22)40-17-32(2,42)18-40/h4-7,10,13-16,19-20,37,42H,1,8-9,11-12,17-18H2,2-3H3,(H,35,36,38). The van der Waals surface area contributed by atoms with Crippen molar-refractivity contribution in [2.45, 2.75) is 31.4 Å². The lowest BCUT2D eigenvalue weighted by Gasteiger charge is -2.44. The maximum Gasteiger partial charge on any atom is 0.245 e. The quantitative estimate of drug-likeness (QED) is 0.230. The Morgan fingerprint density at radius 2 is 1.86 bits per heavy atom. The molecule has 0 spiro atoms. The molecule has 0 bridgehead atoms. The van der Waals surface area contributed by atoms with Crippen LogP contribution in [0.2, 0.25) is 0 Å². The van der Waals surface area contributed by atoms with Crippen molar-refractivity contribution >= 4 is 39.8 Å². The van der Waals surface area contributed by atoms with Crippen LogP contribution < -0.4 is 25.0 Å². The number of aliphatic hydroxyl groups is 1. The van der Waals surface area contributed by atoms with Gasteiger partial charge in [0, 0.05) is 62.0 Å². The molecule has 4 aromatic rings. The third kappa shape index (κ3) is 6.20. The lowest BCUT2D eigenvalue weighted by atomic mass is 9.97. The first-order valence-electron chi connectivity index (χ1n) is 14.4. The normalized spacial score (nSPS) is 16.3. The highest BCUT2D eigenvalue weighted by atomic mass is 19.1. The number of likely N-dealkylation sites (tertiary alicyclic amines) is 1. The van der Waals surface area contributed by atoms with Crippen molar-refractivity contribution in [3.8, 4) is 17.2 Å². The van der Waals surface area contributed by atoms with Gasteiger partial charge in [0.1, 0.15) is 41.0 Å². The molecule has 4 heterocycles. The molecule has 0 radical (unpaired) electrons. The molecule has 0 saturated carbocycles. The van der Waals surface area contributed by atoms with Crippen molar-refractivity contribution in [3.05, 3.63) is 73.5 Å². The van der Waals surface area contributed by atoms with E-state index in [2.05, 4.69) is 32.2 Å². The Kier molecular flexibility index (Phi) is 7.92. The largest absolute Gasteiger partial charge is 0.495 e. The van der Waals surface area contributed by atoms with E-state index < -0.39 is 11.4 Å². The number of ether oxygens (including phenoxy) is 2. The van der Waals surface area contributed by atoms with Gasteiger partial charge in [-0.2, -0.15) is 0 Å². The second-order valence-electron chi connectivity index (χ2n) is 11.3. The zero-order valence-corrected chi connectivity index (χ0v) is 24.6. The molecule has 228 valence electrons. The Morgan fingerprint density at radius 3 is 2.57 bits per heavy atom. The SMILES string of the molecule is C=CC(=O)N1CCC(Nc2cc3c(Nc4ccc(Oc5ccnc(N6CC(C)(O)C6)c5)cc4F)ncnc3cc2OC)CC1. The van der Waals surface area contributed by atoms with Crippen LogP contribution in [0.15, 0.2) is 67.6 Å². The molecule has 0 unspecified atom stereocenters. The number of piperidine rings is 1. The summed E-state index contributed by atoms with van der Waals surface area (Å²) < 4.78 is 26.9. The second kappa shape index (κ2) is 12.0. The van der Waals surface area contributed by atoms with Gasteiger partial charge in [0.15, 0.2) is 0 Å². The number of pyridine rings is 1. The fraction of sp³-hybridized carbons (Fsp3) is 0.312. The summed E-state index contributed by atoms with van der Waals surface area (Å²) in [6.45, 7) is 7.59. The summed E-state index contributed by atoms with van der Waals surface area (Å²) in [6, 6.07) is 11.9. The van der Waals surface area contributed by atoms with Gasteiger partial charge in [-0.3, -0.25) is 4.79 Å². The molecule has 0 atom stereocenters. The van der Waals surface area contributed by atoms with E-state index in [4.69, 9.17) is 9.47 Å². The van der Waals surface area contributed by atoms with Crippen LogP contribution in [0.4, 0.5) is 27.4 Å². The molecule has 2 aliphatic heterocycles. The molecule has 2 saturated heterocycles. The second-order valence-corrected chi connectivity index (χ2v) is 11.3. The minimum atomic E-state index is -0.727. The van der Waals surface area contributed by atoms with E-state index in [1.807, 2.05) is 17.0 Å². The van der Waals surface area contributed by atoms with Crippen LogP contribution in [0.5, 0.6) is 17.2 Å². The van der Waals surface area contributed by atoms with Gasteiger partial charge in [0.2, 0.25) is 5.91 Å². The number of β-amino-alcohol motifs (C(OH)–C–C–N with tert-alkyl or cyclic N) is 1. The predicted octanol–water partition coefficient (Wildman–Crippen LogP) is 4.87. The van der Waals surface area contributed by atoms with Crippen molar-refractivity contribution in [2.24, 2.45) is 0 Å². The third-order valence-corrected chi connectivity index (χ3v) is 7.83. The average molecular weight is 600 g/mol. The van der Waals surface area contributed by atoms with Crippen LogP contribution >= 0.6 is 0 Å². The molecular weight excluding hydrogens is 565 g/mol. The van der Waals surface area contributed by atoms with Crippen LogP contribution in [0.25, 0.3) is 10.9 Å². The van der Waals surface area contributed by atoms with Gasteiger partial charge in [-0.05, 0) is 50.1 Å². The Bertz CT molecular complexity index is 1700. The number of hydrogen-bond acceptors (Lipinski definition) is 10. The van der Waals surface area contributed by atoms with Crippen LogP contribution in [-0.4, -0.2) is 75.8 Å². The minimum absolute atomic E-state index is 0.0592. The molecule has 0 aliphatic carbocycles. The molecular formula is C32H34FN7O4. The number of carbonyl (C=O) groups excluding carboxylic acids is 1. The summed E-state index contributed by atoms with van der Waals surface area (Å²) in [4.78, 5) is 28.8. The van der Waals surface area contributed by atoms with E-state index >= 15 is 4.39 Å². The number of anilines is 4. The molecule has 1 amide bonds. The van der Waals surface area contributed by atoms with Gasteiger partial charge in [0.05, 0.1) is 29.6 Å². The summed E-state index contributed by atoms with van der Waals surface area (Å²) in [7, 11) is 1.60. The summed E-state index contributed by atoms with van der Waals surface area (Å²) in [5.74, 6) is 2.00. The number of carbonyl (C=O) groups is 1. The minimum Gasteiger partial charge on any atom is -0.495 e. The molecule has 2 aliphatic rings. The molecule has 2 aromatic heterocycles. The van der Waals surface area contributed by atoms with Gasteiger partial charge in [-0.15, -0.1) is 0 Å². The first-order valence-corrected chi connectivity index (χ1v) is 14.4. The van der Waals surface area contributed by atoms with Crippen LogP contribution in [-0.2, 0) is 4.79 Å². The van der Waals surface area contributed by atoms with E-state index in [1.54, 1.807) is 49.4 Å². The van der Waals surface area contributed by atoms with E-state index in [-0.39, 0.29) is 17.6 Å². The fourth-order valence-corrected chi connectivity index (χ4v) is 5.56. The smallest absolute Gasteiger partial charge is 0.245 e. The summed E-state index contributed by atoms with van der Waals surface area (Å²) >= 11 is 0. The molecule has 12 heteroatoms. The van der Waals surface area contributed by atoms with Crippen LogP contribution in [0, 0.1) is 5.82 Å². The zero-order valence-electron chi connectivity index (χ0n) is 24.6. The van der Waals surface area contributed by atoms with Gasteiger partial charge in [-0.25, -0.2) is 19.3 Å². The van der Waals surface area contributed by atoms with Gasteiger partial charge < -0.3 is 35.0 Å². The Hall–Kier alpha value is -4.97. The van der Waals surface area contributed by atoms with Crippen LogP contribution in [0.1, 0.15) is 19.8 Å². The maximum atomic E-state index is 15.3. The number of nitrogens with one attached hydrogen (secondary N) is 2.